The molecule has 1 saturated heterocycles. The van der Waals surface area contributed by atoms with Crippen LogP contribution in [0, 0.1) is 5.92 Å². The summed E-state index contributed by atoms with van der Waals surface area (Å²) in [5, 5.41) is 3.48. The van der Waals surface area contributed by atoms with Crippen LogP contribution in [0.25, 0.3) is 0 Å². The normalized spacial score (nSPS) is 23.9. The van der Waals surface area contributed by atoms with Gasteiger partial charge in [-0.05, 0) is 49.8 Å². The third kappa shape index (κ3) is 4.60. The Bertz CT molecular complexity index is 402. The van der Waals surface area contributed by atoms with E-state index in [1.807, 2.05) is 0 Å². The summed E-state index contributed by atoms with van der Waals surface area (Å²) in [6.07, 6.45) is 3.93. The minimum Gasteiger partial charge on any atom is -0.313 e. The van der Waals surface area contributed by atoms with Crippen molar-refractivity contribution in [3.63, 3.8) is 0 Å². The molecular weight excluding hydrogens is 244 g/mol. The molecule has 1 heterocycles. The summed E-state index contributed by atoms with van der Waals surface area (Å²) in [7, 11) is 0. The number of hydrogen-bond acceptors (Lipinski definition) is 2. The number of rotatable bonds is 6. The molecule has 0 radical (unpaired) electrons. The maximum absolute atomic E-state index is 3.48. The van der Waals surface area contributed by atoms with Gasteiger partial charge in [-0.2, -0.15) is 0 Å². The molecule has 0 bridgehead atoms. The van der Waals surface area contributed by atoms with Crippen molar-refractivity contribution >= 4 is 0 Å². The highest BCUT2D eigenvalue weighted by molar-refractivity contribution is 5.23. The van der Waals surface area contributed by atoms with Crippen LogP contribution in [0.5, 0.6) is 0 Å². The van der Waals surface area contributed by atoms with Crippen molar-refractivity contribution in [3.8, 4) is 0 Å². The lowest BCUT2D eigenvalue weighted by atomic mass is 9.94. The molecule has 1 aromatic carbocycles. The van der Waals surface area contributed by atoms with Crippen molar-refractivity contribution in [2.75, 3.05) is 13.1 Å². The Morgan fingerprint density at radius 3 is 2.80 bits per heavy atom. The van der Waals surface area contributed by atoms with Crippen LogP contribution >= 0.6 is 0 Å². The van der Waals surface area contributed by atoms with Crippen LogP contribution < -0.4 is 5.32 Å². The van der Waals surface area contributed by atoms with Gasteiger partial charge in [0.05, 0.1) is 0 Å². The number of hydrogen-bond donors (Lipinski definition) is 1. The minimum absolute atomic E-state index is 0.730. The standard InChI is InChI=1S/C18H30N2/c1-4-10-19-12-17-6-5-7-18(11-17)14-20-13-15(2)8-9-16(20)3/h5-7,11,15-16,19H,4,8-10,12-14H2,1-3H3. The zero-order valence-electron chi connectivity index (χ0n) is 13.4. The topological polar surface area (TPSA) is 15.3 Å². The minimum atomic E-state index is 0.730. The van der Waals surface area contributed by atoms with Gasteiger partial charge >= 0.3 is 0 Å². The van der Waals surface area contributed by atoms with Crippen molar-refractivity contribution < 1.29 is 0 Å². The van der Waals surface area contributed by atoms with E-state index in [1.54, 1.807) is 0 Å². The van der Waals surface area contributed by atoms with E-state index < -0.39 is 0 Å². The second-order valence-electron chi connectivity index (χ2n) is 6.46. The van der Waals surface area contributed by atoms with Crippen LogP contribution in [0.4, 0.5) is 0 Å². The van der Waals surface area contributed by atoms with Gasteiger partial charge in [-0.3, -0.25) is 4.90 Å². The summed E-state index contributed by atoms with van der Waals surface area (Å²) in [5.41, 5.74) is 2.87. The molecule has 0 saturated carbocycles. The van der Waals surface area contributed by atoms with E-state index in [9.17, 15) is 0 Å². The van der Waals surface area contributed by atoms with E-state index in [0.29, 0.717) is 0 Å². The van der Waals surface area contributed by atoms with Crippen molar-refractivity contribution in [1.29, 1.82) is 0 Å². The summed E-state index contributed by atoms with van der Waals surface area (Å²) in [6, 6.07) is 9.81. The molecule has 1 aliphatic rings. The summed E-state index contributed by atoms with van der Waals surface area (Å²) < 4.78 is 0. The second kappa shape index (κ2) is 7.80. The summed E-state index contributed by atoms with van der Waals surface area (Å²) in [4.78, 5) is 2.65. The first-order valence-electron chi connectivity index (χ1n) is 8.21. The Balaban J connectivity index is 1.93. The second-order valence-corrected chi connectivity index (χ2v) is 6.46. The van der Waals surface area contributed by atoms with Gasteiger partial charge in [-0.25, -0.2) is 0 Å². The molecule has 2 heteroatoms. The molecule has 2 unspecified atom stereocenters. The maximum Gasteiger partial charge on any atom is 0.0236 e. The molecule has 0 spiro atoms. The van der Waals surface area contributed by atoms with E-state index in [2.05, 4.69) is 55.3 Å². The Labute approximate surface area is 124 Å². The van der Waals surface area contributed by atoms with Crippen LogP contribution in [-0.4, -0.2) is 24.0 Å². The van der Waals surface area contributed by atoms with Crippen LogP contribution in [0.15, 0.2) is 24.3 Å². The third-order valence-electron chi connectivity index (χ3n) is 4.38. The summed E-state index contributed by atoms with van der Waals surface area (Å²) >= 11 is 0. The molecule has 0 aliphatic carbocycles. The highest BCUT2D eigenvalue weighted by Crippen LogP contribution is 2.23. The van der Waals surface area contributed by atoms with Gasteiger partial charge in [0.2, 0.25) is 0 Å². The molecular formula is C18H30N2. The number of nitrogens with zero attached hydrogens (tertiary/aromatic N) is 1. The molecule has 2 rings (SSSR count). The van der Waals surface area contributed by atoms with Gasteiger partial charge in [0.25, 0.3) is 0 Å². The van der Waals surface area contributed by atoms with Crippen molar-refractivity contribution in [1.82, 2.24) is 10.2 Å². The predicted octanol–water partition coefficient (Wildman–Crippen LogP) is 3.81. The SMILES string of the molecule is CCCNCc1cccc(CN2CC(C)CCC2C)c1. The molecule has 2 nitrogen and oxygen atoms in total. The lowest BCUT2D eigenvalue weighted by Gasteiger charge is -2.36. The average Bonchev–Trinajstić information content (AvgIpc) is 2.44. The van der Waals surface area contributed by atoms with Gasteiger partial charge in [0.1, 0.15) is 0 Å². The molecule has 20 heavy (non-hydrogen) atoms. The van der Waals surface area contributed by atoms with E-state index in [0.717, 1.165) is 31.6 Å². The Kier molecular flexibility index (Phi) is 6.06. The van der Waals surface area contributed by atoms with E-state index in [4.69, 9.17) is 0 Å². The van der Waals surface area contributed by atoms with Crippen LogP contribution in [0.3, 0.4) is 0 Å². The largest absolute Gasteiger partial charge is 0.313 e. The molecule has 1 aliphatic heterocycles. The zero-order chi connectivity index (χ0) is 14.4. The fourth-order valence-electron chi connectivity index (χ4n) is 3.08. The van der Waals surface area contributed by atoms with Crippen LogP contribution in [-0.2, 0) is 13.1 Å². The molecule has 2 atom stereocenters. The van der Waals surface area contributed by atoms with Gasteiger partial charge in [-0.1, -0.05) is 38.1 Å². The maximum atomic E-state index is 3.48. The van der Waals surface area contributed by atoms with E-state index in [1.165, 1.54) is 36.9 Å². The first kappa shape index (κ1) is 15.5. The van der Waals surface area contributed by atoms with Gasteiger partial charge in [0, 0.05) is 25.7 Å². The van der Waals surface area contributed by atoms with Gasteiger partial charge in [-0.15, -0.1) is 0 Å². The van der Waals surface area contributed by atoms with Crippen LogP contribution in [0.1, 0.15) is 51.2 Å². The number of likely N-dealkylation sites (tertiary alicyclic amines) is 1. The smallest absolute Gasteiger partial charge is 0.0236 e. The lowest BCUT2D eigenvalue weighted by Crippen LogP contribution is -2.40. The zero-order valence-corrected chi connectivity index (χ0v) is 13.4. The molecule has 112 valence electrons. The van der Waals surface area contributed by atoms with Crippen molar-refractivity contribution in [2.24, 2.45) is 5.92 Å². The average molecular weight is 274 g/mol. The summed E-state index contributed by atoms with van der Waals surface area (Å²) in [6.45, 7) is 11.4. The lowest BCUT2D eigenvalue weighted by molar-refractivity contribution is 0.117. The van der Waals surface area contributed by atoms with E-state index in [-0.39, 0.29) is 0 Å². The predicted molar refractivity (Wildman–Crippen MR) is 86.7 cm³/mol. The van der Waals surface area contributed by atoms with Crippen molar-refractivity contribution in [3.05, 3.63) is 35.4 Å². The van der Waals surface area contributed by atoms with Gasteiger partial charge in [0.15, 0.2) is 0 Å². The fraction of sp³-hybridized carbons (Fsp3) is 0.667. The Hall–Kier alpha value is -0.860. The Morgan fingerprint density at radius 1 is 1.20 bits per heavy atom. The highest BCUT2D eigenvalue weighted by Gasteiger charge is 2.22. The van der Waals surface area contributed by atoms with Crippen LogP contribution in [0.2, 0.25) is 0 Å². The van der Waals surface area contributed by atoms with Gasteiger partial charge < -0.3 is 5.32 Å². The molecule has 1 N–H and O–H groups in total. The number of nitrogens with one attached hydrogen (secondary N) is 1. The first-order chi connectivity index (χ1) is 9.69. The fourth-order valence-corrected chi connectivity index (χ4v) is 3.08. The number of piperidine rings is 1. The number of benzene rings is 1. The third-order valence-corrected chi connectivity index (χ3v) is 4.38. The molecule has 0 amide bonds. The Morgan fingerprint density at radius 2 is 2.00 bits per heavy atom. The summed E-state index contributed by atoms with van der Waals surface area (Å²) in [5.74, 6) is 0.848. The van der Waals surface area contributed by atoms with Crippen molar-refractivity contribution in [2.45, 2.75) is 59.2 Å². The highest BCUT2D eigenvalue weighted by atomic mass is 15.2. The first-order valence-corrected chi connectivity index (χ1v) is 8.21. The molecule has 1 aromatic rings. The quantitative estimate of drug-likeness (QED) is 0.794. The monoisotopic (exact) mass is 274 g/mol. The molecule has 1 fully saturated rings. The molecule has 0 aromatic heterocycles. The van der Waals surface area contributed by atoms with E-state index >= 15 is 0 Å².